The average Bonchev–Trinajstić information content (AvgIpc) is 2.31. The van der Waals surface area contributed by atoms with Crippen LogP contribution in [0.5, 0.6) is 0 Å². The van der Waals surface area contributed by atoms with Crippen LogP contribution in [0.3, 0.4) is 0 Å². The van der Waals surface area contributed by atoms with Crippen LogP contribution in [-0.4, -0.2) is 28.5 Å². The molecular weight excluding hydrogens is 250 g/mol. The number of rotatable bonds is 7. The van der Waals surface area contributed by atoms with Crippen molar-refractivity contribution in [3.63, 3.8) is 0 Å². The van der Waals surface area contributed by atoms with Crippen molar-refractivity contribution in [3.8, 4) is 0 Å². The zero-order chi connectivity index (χ0) is 13.4. The maximum Gasteiger partial charge on any atom is 0.307 e. The molecule has 0 radical (unpaired) electrons. The first kappa shape index (κ1) is 14.6. The van der Waals surface area contributed by atoms with Crippen molar-refractivity contribution in [2.45, 2.75) is 19.8 Å². The van der Waals surface area contributed by atoms with Crippen molar-refractivity contribution in [1.82, 2.24) is 0 Å². The largest absolute Gasteiger partial charge is 0.481 e. The highest BCUT2D eigenvalue weighted by Gasteiger charge is 2.09. The second-order valence-electron chi connectivity index (χ2n) is 3.83. The van der Waals surface area contributed by atoms with Gasteiger partial charge in [-0.25, -0.2) is 0 Å². The highest BCUT2D eigenvalue weighted by atomic mass is 32.2. The van der Waals surface area contributed by atoms with Crippen molar-refractivity contribution in [3.05, 3.63) is 29.8 Å². The van der Waals surface area contributed by atoms with E-state index in [0.717, 1.165) is 12.2 Å². The minimum atomic E-state index is -0.906. The van der Waals surface area contributed by atoms with Crippen LogP contribution in [0.15, 0.2) is 24.3 Å². The summed E-state index contributed by atoms with van der Waals surface area (Å²) in [5, 5.41) is 11.5. The third-order valence-corrected chi connectivity index (χ3v) is 3.38. The van der Waals surface area contributed by atoms with Crippen LogP contribution in [0.2, 0.25) is 0 Å². The number of benzene rings is 1. The Kier molecular flexibility index (Phi) is 6.28. The van der Waals surface area contributed by atoms with Crippen molar-refractivity contribution in [2.24, 2.45) is 0 Å². The van der Waals surface area contributed by atoms with Gasteiger partial charge in [0.15, 0.2) is 0 Å². The molecule has 1 aromatic rings. The Balaban J connectivity index is 2.60. The quantitative estimate of drug-likeness (QED) is 0.744. The lowest BCUT2D eigenvalue weighted by Gasteiger charge is -2.09. The standard InChI is InChI=1S/C13H17NO3S/c1-2-7-18-9-12(15)14-11-6-4-3-5-10(11)8-13(16)17/h3-6H,2,7-9H2,1H3,(H,14,15)(H,16,17). The first-order valence-electron chi connectivity index (χ1n) is 5.80. The van der Waals surface area contributed by atoms with Gasteiger partial charge in [-0.1, -0.05) is 25.1 Å². The first-order valence-corrected chi connectivity index (χ1v) is 6.96. The molecule has 4 nitrogen and oxygen atoms in total. The summed E-state index contributed by atoms with van der Waals surface area (Å²) in [4.78, 5) is 22.3. The van der Waals surface area contributed by atoms with Gasteiger partial charge in [-0.2, -0.15) is 11.8 Å². The number of carboxylic acids is 1. The maximum absolute atomic E-state index is 11.6. The average molecular weight is 267 g/mol. The molecule has 0 spiro atoms. The van der Waals surface area contributed by atoms with Gasteiger partial charge in [-0.15, -0.1) is 0 Å². The Morgan fingerprint density at radius 1 is 1.33 bits per heavy atom. The second kappa shape index (κ2) is 7.76. The van der Waals surface area contributed by atoms with E-state index in [1.54, 1.807) is 36.0 Å². The predicted octanol–water partition coefficient (Wildman–Crippen LogP) is 2.40. The van der Waals surface area contributed by atoms with Crippen LogP contribution >= 0.6 is 11.8 Å². The fourth-order valence-electron chi connectivity index (χ4n) is 1.45. The molecular formula is C13H17NO3S. The zero-order valence-electron chi connectivity index (χ0n) is 10.3. The van der Waals surface area contributed by atoms with E-state index in [0.29, 0.717) is 17.0 Å². The molecule has 0 aliphatic heterocycles. The molecule has 0 aliphatic carbocycles. The van der Waals surface area contributed by atoms with Gasteiger partial charge in [0.2, 0.25) is 5.91 Å². The lowest BCUT2D eigenvalue weighted by molar-refractivity contribution is -0.136. The SMILES string of the molecule is CCCSCC(=O)Nc1ccccc1CC(=O)O. The summed E-state index contributed by atoms with van der Waals surface area (Å²) in [5.74, 6) is 0.350. The summed E-state index contributed by atoms with van der Waals surface area (Å²) in [6, 6.07) is 6.98. The van der Waals surface area contributed by atoms with Gasteiger partial charge < -0.3 is 10.4 Å². The molecule has 0 saturated heterocycles. The van der Waals surface area contributed by atoms with Crippen LogP contribution in [0.1, 0.15) is 18.9 Å². The van der Waals surface area contributed by atoms with E-state index in [-0.39, 0.29) is 12.3 Å². The molecule has 0 aromatic heterocycles. The van der Waals surface area contributed by atoms with E-state index in [9.17, 15) is 9.59 Å². The number of carboxylic acid groups (broad SMARTS) is 1. The molecule has 0 atom stereocenters. The van der Waals surface area contributed by atoms with Crippen LogP contribution in [0, 0.1) is 0 Å². The Labute approximate surface area is 111 Å². The molecule has 1 aromatic carbocycles. The van der Waals surface area contributed by atoms with E-state index in [1.165, 1.54) is 0 Å². The third kappa shape index (κ3) is 5.23. The Morgan fingerprint density at radius 3 is 2.72 bits per heavy atom. The Morgan fingerprint density at radius 2 is 2.06 bits per heavy atom. The summed E-state index contributed by atoms with van der Waals surface area (Å²) in [7, 11) is 0. The van der Waals surface area contributed by atoms with Crippen LogP contribution < -0.4 is 5.32 Å². The van der Waals surface area contributed by atoms with Crippen molar-refractivity contribution in [1.29, 1.82) is 0 Å². The van der Waals surface area contributed by atoms with Gasteiger partial charge in [0.25, 0.3) is 0 Å². The topological polar surface area (TPSA) is 66.4 Å². The number of anilines is 1. The highest BCUT2D eigenvalue weighted by molar-refractivity contribution is 7.99. The third-order valence-electron chi connectivity index (χ3n) is 2.21. The molecule has 98 valence electrons. The lowest BCUT2D eigenvalue weighted by atomic mass is 10.1. The van der Waals surface area contributed by atoms with Crippen molar-refractivity contribution < 1.29 is 14.7 Å². The minimum Gasteiger partial charge on any atom is -0.481 e. The molecule has 0 heterocycles. The number of aliphatic carboxylic acids is 1. The van der Waals surface area contributed by atoms with Gasteiger partial charge in [0.1, 0.15) is 0 Å². The Bertz CT molecular complexity index is 420. The number of carbonyl (C=O) groups excluding carboxylic acids is 1. The zero-order valence-corrected chi connectivity index (χ0v) is 11.1. The lowest BCUT2D eigenvalue weighted by Crippen LogP contribution is -2.16. The smallest absolute Gasteiger partial charge is 0.307 e. The fraction of sp³-hybridized carbons (Fsp3) is 0.385. The minimum absolute atomic E-state index is 0.0848. The van der Waals surface area contributed by atoms with E-state index in [1.807, 2.05) is 0 Å². The fourth-order valence-corrected chi connectivity index (χ4v) is 2.15. The normalized spacial score (nSPS) is 10.1. The number of thioether (sulfide) groups is 1. The van der Waals surface area contributed by atoms with Gasteiger partial charge in [-0.05, 0) is 23.8 Å². The molecule has 0 saturated carbocycles. The first-order chi connectivity index (χ1) is 8.63. The van der Waals surface area contributed by atoms with Crippen molar-refractivity contribution >= 4 is 29.3 Å². The molecule has 18 heavy (non-hydrogen) atoms. The second-order valence-corrected chi connectivity index (χ2v) is 4.93. The number of para-hydroxylation sites is 1. The van der Waals surface area contributed by atoms with Gasteiger partial charge >= 0.3 is 5.97 Å². The van der Waals surface area contributed by atoms with E-state index >= 15 is 0 Å². The maximum atomic E-state index is 11.6. The highest BCUT2D eigenvalue weighted by Crippen LogP contribution is 2.16. The predicted molar refractivity (Wildman–Crippen MR) is 74.0 cm³/mol. The summed E-state index contributed by atoms with van der Waals surface area (Å²) in [6.07, 6.45) is 0.951. The number of hydrogen-bond donors (Lipinski definition) is 2. The molecule has 0 aliphatic rings. The van der Waals surface area contributed by atoms with Crippen LogP contribution in [0.4, 0.5) is 5.69 Å². The van der Waals surface area contributed by atoms with Gasteiger partial charge in [0, 0.05) is 5.69 Å². The van der Waals surface area contributed by atoms with E-state index in [4.69, 9.17) is 5.11 Å². The Hall–Kier alpha value is -1.49. The molecule has 2 N–H and O–H groups in total. The molecule has 1 rings (SSSR count). The number of carbonyl (C=O) groups is 2. The van der Waals surface area contributed by atoms with Gasteiger partial charge in [-0.3, -0.25) is 9.59 Å². The molecule has 0 fully saturated rings. The van der Waals surface area contributed by atoms with Crippen LogP contribution in [-0.2, 0) is 16.0 Å². The summed E-state index contributed by atoms with van der Waals surface area (Å²) < 4.78 is 0. The van der Waals surface area contributed by atoms with Crippen LogP contribution in [0.25, 0.3) is 0 Å². The monoisotopic (exact) mass is 267 g/mol. The molecule has 5 heteroatoms. The van der Waals surface area contributed by atoms with Gasteiger partial charge in [0.05, 0.1) is 12.2 Å². The van der Waals surface area contributed by atoms with E-state index < -0.39 is 5.97 Å². The summed E-state index contributed by atoms with van der Waals surface area (Å²) in [6.45, 7) is 2.06. The van der Waals surface area contributed by atoms with Crippen molar-refractivity contribution in [2.75, 3.05) is 16.8 Å². The number of nitrogens with one attached hydrogen (secondary N) is 1. The molecule has 1 amide bonds. The summed E-state index contributed by atoms with van der Waals surface area (Å²) >= 11 is 1.57. The summed E-state index contributed by atoms with van der Waals surface area (Å²) in [5.41, 5.74) is 1.21. The number of hydrogen-bond acceptors (Lipinski definition) is 3. The van der Waals surface area contributed by atoms with E-state index in [2.05, 4.69) is 12.2 Å². The molecule has 0 unspecified atom stereocenters. The number of amides is 1. The molecule has 0 bridgehead atoms.